The maximum atomic E-state index is 8.98. The Hall–Kier alpha value is -2.27. The Bertz CT molecular complexity index is 731. The molecular weight excluding hydrogens is 240 g/mol. The van der Waals surface area contributed by atoms with E-state index in [4.69, 9.17) is 5.11 Å². The zero-order chi connectivity index (χ0) is 13.4. The summed E-state index contributed by atoms with van der Waals surface area (Å²) >= 11 is 0. The number of hydrogen-bond acceptors (Lipinski definition) is 4. The molecule has 96 valence electrons. The number of aliphatic hydroxyl groups excluding tert-OH is 1. The summed E-state index contributed by atoms with van der Waals surface area (Å²) in [5, 5.41) is 17.0. The minimum Gasteiger partial charge on any atom is -0.390 e. The molecule has 0 amide bonds. The molecule has 3 aromatic rings. The average Bonchev–Trinajstić information content (AvgIpc) is 2.82. The van der Waals surface area contributed by atoms with Crippen molar-refractivity contribution >= 4 is 11.0 Å². The first-order valence-corrected chi connectivity index (χ1v) is 6.07. The fourth-order valence-electron chi connectivity index (χ4n) is 2.01. The Morgan fingerprint density at radius 3 is 2.58 bits per heavy atom. The van der Waals surface area contributed by atoms with Crippen LogP contribution in [-0.4, -0.2) is 24.9 Å². The van der Waals surface area contributed by atoms with Crippen LogP contribution >= 0.6 is 0 Å². The Balaban J connectivity index is 2.16. The van der Waals surface area contributed by atoms with Gasteiger partial charge in [-0.3, -0.25) is 4.57 Å². The lowest BCUT2D eigenvalue weighted by molar-refractivity contribution is 0.275. The van der Waals surface area contributed by atoms with Crippen molar-refractivity contribution in [3.63, 3.8) is 0 Å². The number of aryl methyl sites for hydroxylation is 2. The topological polar surface area (TPSA) is 63.8 Å². The van der Waals surface area contributed by atoms with Crippen LogP contribution in [0.3, 0.4) is 0 Å². The van der Waals surface area contributed by atoms with Crippen molar-refractivity contribution in [2.24, 2.45) is 0 Å². The van der Waals surface area contributed by atoms with Crippen LogP contribution in [0.2, 0.25) is 0 Å². The van der Waals surface area contributed by atoms with Crippen LogP contribution in [0.4, 0.5) is 0 Å². The van der Waals surface area contributed by atoms with Gasteiger partial charge >= 0.3 is 0 Å². The second kappa shape index (κ2) is 4.44. The second-order valence-corrected chi connectivity index (χ2v) is 4.58. The summed E-state index contributed by atoms with van der Waals surface area (Å²) in [6.07, 6.45) is 1.74. The van der Waals surface area contributed by atoms with Gasteiger partial charge in [0.25, 0.3) is 0 Å². The Morgan fingerprint density at radius 2 is 1.89 bits per heavy atom. The van der Waals surface area contributed by atoms with E-state index in [9.17, 15) is 0 Å². The third-order valence-electron chi connectivity index (χ3n) is 3.28. The van der Waals surface area contributed by atoms with Gasteiger partial charge in [0.15, 0.2) is 5.82 Å². The zero-order valence-electron chi connectivity index (χ0n) is 10.8. The van der Waals surface area contributed by atoms with Gasteiger partial charge in [-0.05, 0) is 49.2 Å². The van der Waals surface area contributed by atoms with Crippen LogP contribution in [0.5, 0.6) is 0 Å². The SMILES string of the molecule is Cc1cc2ncn(-c3ccc(CO)nn3)c2cc1C. The number of rotatable bonds is 2. The molecule has 0 unspecified atom stereocenters. The van der Waals surface area contributed by atoms with Crippen LogP contribution in [0.25, 0.3) is 16.9 Å². The third kappa shape index (κ3) is 1.98. The van der Waals surface area contributed by atoms with Gasteiger partial charge < -0.3 is 5.11 Å². The molecule has 0 aliphatic rings. The average molecular weight is 254 g/mol. The van der Waals surface area contributed by atoms with Gasteiger partial charge in [-0.1, -0.05) is 0 Å². The molecule has 5 nitrogen and oxygen atoms in total. The van der Waals surface area contributed by atoms with Crippen molar-refractivity contribution in [1.29, 1.82) is 0 Å². The first kappa shape index (κ1) is 11.8. The van der Waals surface area contributed by atoms with E-state index in [1.165, 1.54) is 11.1 Å². The number of hydrogen-bond donors (Lipinski definition) is 1. The van der Waals surface area contributed by atoms with Crippen molar-refractivity contribution in [3.8, 4) is 5.82 Å². The lowest BCUT2D eigenvalue weighted by Gasteiger charge is -2.05. The molecule has 1 aromatic carbocycles. The summed E-state index contributed by atoms with van der Waals surface area (Å²) in [4.78, 5) is 4.39. The lowest BCUT2D eigenvalue weighted by Crippen LogP contribution is -2.00. The Morgan fingerprint density at radius 1 is 1.11 bits per heavy atom. The highest BCUT2D eigenvalue weighted by atomic mass is 16.3. The molecule has 0 aliphatic heterocycles. The summed E-state index contributed by atoms with van der Waals surface area (Å²) in [5.41, 5.74) is 4.94. The van der Waals surface area contributed by atoms with E-state index < -0.39 is 0 Å². The fourth-order valence-corrected chi connectivity index (χ4v) is 2.01. The maximum Gasteiger partial charge on any atom is 0.161 e. The molecule has 0 atom stereocenters. The summed E-state index contributed by atoms with van der Waals surface area (Å²) in [6, 6.07) is 7.75. The Labute approximate surface area is 110 Å². The molecule has 1 N–H and O–H groups in total. The molecule has 0 spiro atoms. The van der Waals surface area contributed by atoms with Gasteiger partial charge in [0.1, 0.15) is 6.33 Å². The summed E-state index contributed by atoms with van der Waals surface area (Å²) < 4.78 is 1.90. The molecular formula is C14H14N4O. The summed E-state index contributed by atoms with van der Waals surface area (Å²) in [6.45, 7) is 4.05. The highest BCUT2D eigenvalue weighted by Crippen LogP contribution is 2.20. The van der Waals surface area contributed by atoms with Gasteiger partial charge in [0.2, 0.25) is 0 Å². The van der Waals surface area contributed by atoms with Crippen LogP contribution in [-0.2, 0) is 6.61 Å². The van der Waals surface area contributed by atoms with Crippen molar-refractivity contribution < 1.29 is 5.11 Å². The smallest absolute Gasteiger partial charge is 0.161 e. The van der Waals surface area contributed by atoms with E-state index in [-0.39, 0.29) is 6.61 Å². The van der Waals surface area contributed by atoms with Crippen molar-refractivity contribution in [1.82, 2.24) is 19.7 Å². The van der Waals surface area contributed by atoms with Gasteiger partial charge in [-0.2, -0.15) is 5.10 Å². The van der Waals surface area contributed by atoms with Crippen molar-refractivity contribution in [3.05, 3.63) is 47.4 Å². The number of imidazole rings is 1. The molecule has 0 saturated heterocycles. The largest absolute Gasteiger partial charge is 0.390 e. The highest BCUT2D eigenvalue weighted by Gasteiger charge is 2.08. The van der Waals surface area contributed by atoms with Crippen molar-refractivity contribution in [2.45, 2.75) is 20.5 Å². The standard InChI is InChI=1S/C14H14N4O/c1-9-5-12-13(6-10(9)2)18(8-15-12)14-4-3-11(7-19)16-17-14/h3-6,8,19H,7H2,1-2H3. The number of aliphatic hydroxyl groups is 1. The van der Waals surface area contributed by atoms with Gasteiger partial charge in [0, 0.05) is 0 Å². The monoisotopic (exact) mass is 254 g/mol. The first-order valence-electron chi connectivity index (χ1n) is 6.07. The van der Waals surface area contributed by atoms with E-state index in [1.807, 2.05) is 10.6 Å². The summed E-state index contributed by atoms with van der Waals surface area (Å²) in [7, 11) is 0. The minimum absolute atomic E-state index is 0.101. The zero-order valence-corrected chi connectivity index (χ0v) is 10.8. The molecule has 5 heteroatoms. The molecule has 19 heavy (non-hydrogen) atoms. The van der Waals surface area contributed by atoms with E-state index in [0.717, 1.165) is 11.0 Å². The predicted molar refractivity (Wildman–Crippen MR) is 72.1 cm³/mol. The number of nitrogens with zero attached hydrogens (tertiary/aromatic N) is 4. The lowest BCUT2D eigenvalue weighted by atomic mass is 10.1. The molecule has 2 heterocycles. The number of benzene rings is 1. The third-order valence-corrected chi connectivity index (χ3v) is 3.28. The van der Waals surface area contributed by atoms with Crippen LogP contribution in [0.15, 0.2) is 30.6 Å². The predicted octanol–water partition coefficient (Wildman–Crippen LogP) is 1.92. The number of fused-ring (bicyclic) bond motifs is 1. The molecule has 0 bridgehead atoms. The second-order valence-electron chi connectivity index (χ2n) is 4.58. The molecule has 0 aliphatic carbocycles. The molecule has 3 rings (SSSR count). The molecule has 0 radical (unpaired) electrons. The van der Waals surface area contributed by atoms with Crippen molar-refractivity contribution in [2.75, 3.05) is 0 Å². The van der Waals surface area contributed by atoms with Crippen LogP contribution < -0.4 is 0 Å². The summed E-state index contributed by atoms with van der Waals surface area (Å²) in [5.74, 6) is 0.697. The van der Waals surface area contributed by atoms with Crippen LogP contribution in [0, 0.1) is 13.8 Å². The molecule has 0 fully saturated rings. The van der Waals surface area contributed by atoms with E-state index in [1.54, 1.807) is 12.4 Å². The highest BCUT2D eigenvalue weighted by molar-refractivity contribution is 5.78. The number of aromatic nitrogens is 4. The van der Waals surface area contributed by atoms with Crippen LogP contribution in [0.1, 0.15) is 16.8 Å². The molecule has 2 aromatic heterocycles. The first-order chi connectivity index (χ1) is 9.19. The van der Waals surface area contributed by atoms with Gasteiger partial charge in [-0.25, -0.2) is 4.98 Å². The molecule has 0 saturated carbocycles. The van der Waals surface area contributed by atoms with E-state index >= 15 is 0 Å². The van der Waals surface area contributed by atoms with E-state index in [2.05, 4.69) is 41.2 Å². The quantitative estimate of drug-likeness (QED) is 0.759. The Kier molecular flexibility index (Phi) is 2.76. The minimum atomic E-state index is -0.101. The van der Waals surface area contributed by atoms with E-state index in [0.29, 0.717) is 11.5 Å². The fraction of sp³-hybridized carbons (Fsp3) is 0.214. The normalized spacial score (nSPS) is 11.1. The maximum absolute atomic E-state index is 8.98. The van der Waals surface area contributed by atoms with Gasteiger partial charge in [-0.15, -0.1) is 5.10 Å². The van der Waals surface area contributed by atoms with Gasteiger partial charge in [0.05, 0.1) is 23.3 Å².